The van der Waals surface area contributed by atoms with Gasteiger partial charge in [-0.15, -0.1) is 0 Å². The van der Waals surface area contributed by atoms with Crippen molar-refractivity contribution in [3.63, 3.8) is 0 Å². The molecule has 0 saturated carbocycles. The van der Waals surface area contributed by atoms with Crippen LogP contribution in [0.25, 0.3) is 0 Å². The second kappa shape index (κ2) is 6.79. The third kappa shape index (κ3) is 3.33. The summed E-state index contributed by atoms with van der Waals surface area (Å²) >= 11 is 3.44. The fraction of sp³-hybridized carbons (Fsp3) is 0.400. The van der Waals surface area contributed by atoms with Crippen LogP contribution < -0.4 is 0 Å². The molecule has 108 valence electrons. The molecule has 0 spiro atoms. The van der Waals surface area contributed by atoms with E-state index in [1.165, 1.54) is 0 Å². The first-order valence-electron chi connectivity index (χ1n) is 6.83. The van der Waals surface area contributed by atoms with Crippen molar-refractivity contribution in [3.05, 3.63) is 46.6 Å². The van der Waals surface area contributed by atoms with Crippen LogP contribution in [0.5, 0.6) is 0 Å². The van der Waals surface area contributed by atoms with Gasteiger partial charge in [0.15, 0.2) is 0 Å². The fourth-order valence-electron chi connectivity index (χ4n) is 2.16. The molecular formula is C15H19BrN2O2. The van der Waals surface area contributed by atoms with E-state index in [0.717, 1.165) is 23.2 Å². The Morgan fingerprint density at radius 3 is 2.85 bits per heavy atom. The van der Waals surface area contributed by atoms with Gasteiger partial charge in [-0.3, -0.25) is 4.79 Å². The van der Waals surface area contributed by atoms with E-state index in [4.69, 9.17) is 4.42 Å². The van der Waals surface area contributed by atoms with E-state index in [0.29, 0.717) is 18.8 Å². The lowest BCUT2D eigenvalue weighted by Crippen LogP contribution is -2.31. The summed E-state index contributed by atoms with van der Waals surface area (Å²) in [4.78, 5) is 14.4. The monoisotopic (exact) mass is 338 g/mol. The van der Waals surface area contributed by atoms with Gasteiger partial charge in [-0.1, -0.05) is 6.92 Å². The molecule has 2 aromatic heterocycles. The number of hydrogen-bond acceptors (Lipinski definition) is 2. The molecular weight excluding hydrogens is 320 g/mol. The Kier molecular flexibility index (Phi) is 5.06. The first kappa shape index (κ1) is 14.9. The van der Waals surface area contributed by atoms with Gasteiger partial charge in [-0.25, -0.2) is 0 Å². The molecule has 0 aliphatic heterocycles. The van der Waals surface area contributed by atoms with Crippen LogP contribution in [0, 0.1) is 0 Å². The smallest absolute Gasteiger partial charge is 0.270 e. The molecule has 0 bridgehead atoms. The predicted molar refractivity (Wildman–Crippen MR) is 81.5 cm³/mol. The second-order valence-electron chi connectivity index (χ2n) is 4.64. The molecule has 4 nitrogen and oxygen atoms in total. The second-order valence-corrected chi connectivity index (χ2v) is 5.55. The number of amides is 1. The molecule has 0 fully saturated rings. The van der Waals surface area contributed by atoms with Gasteiger partial charge in [-0.05, 0) is 47.5 Å². The summed E-state index contributed by atoms with van der Waals surface area (Å²) in [7, 11) is 0. The maximum atomic E-state index is 12.7. The summed E-state index contributed by atoms with van der Waals surface area (Å²) in [5, 5.41) is 0. The zero-order chi connectivity index (χ0) is 14.5. The first-order chi connectivity index (χ1) is 9.65. The molecule has 0 saturated heterocycles. The average molecular weight is 339 g/mol. The number of aryl methyl sites for hydroxylation is 1. The highest BCUT2D eigenvalue weighted by Gasteiger charge is 2.19. The molecule has 0 aromatic carbocycles. The van der Waals surface area contributed by atoms with E-state index in [1.807, 2.05) is 35.9 Å². The Balaban J connectivity index is 2.19. The fourth-order valence-corrected chi connectivity index (χ4v) is 2.62. The van der Waals surface area contributed by atoms with Gasteiger partial charge in [0.05, 0.1) is 12.8 Å². The van der Waals surface area contributed by atoms with Crippen molar-refractivity contribution in [2.24, 2.45) is 0 Å². The summed E-state index contributed by atoms with van der Waals surface area (Å²) < 4.78 is 8.26. The summed E-state index contributed by atoms with van der Waals surface area (Å²) in [5.74, 6) is 0.830. The average Bonchev–Trinajstić information content (AvgIpc) is 3.05. The minimum atomic E-state index is 0.0306. The van der Waals surface area contributed by atoms with Gasteiger partial charge in [0.1, 0.15) is 11.5 Å². The van der Waals surface area contributed by atoms with Crippen LogP contribution in [0.2, 0.25) is 0 Å². The lowest BCUT2D eigenvalue weighted by molar-refractivity contribution is 0.0730. The lowest BCUT2D eigenvalue weighted by Gasteiger charge is -2.20. The minimum absolute atomic E-state index is 0.0306. The molecule has 2 heterocycles. The molecule has 0 aliphatic carbocycles. The van der Waals surface area contributed by atoms with Crippen LogP contribution in [0.1, 0.15) is 36.5 Å². The molecule has 1 amide bonds. The normalized spacial score (nSPS) is 10.8. The topological polar surface area (TPSA) is 38.4 Å². The Morgan fingerprint density at radius 1 is 1.45 bits per heavy atom. The molecule has 2 aromatic rings. The van der Waals surface area contributed by atoms with E-state index >= 15 is 0 Å². The summed E-state index contributed by atoms with van der Waals surface area (Å²) in [6.07, 6.45) is 4.58. The highest BCUT2D eigenvalue weighted by Crippen LogP contribution is 2.18. The van der Waals surface area contributed by atoms with Crippen molar-refractivity contribution in [1.82, 2.24) is 9.47 Å². The standard InChI is InChI=1S/C15H19BrN2O2/c1-3-7-18-10-12(16)9-14(18)15(19)17(4-2)11-13-6-5-8-20-13/h5-6,8-10H,3-4,7,11H2,1-2H3. The SMILES string of the molecule is CCCn1cc(Br)cc1C(=O)N(CC)Cc1ccco1. The first-order valence-corrected chi connectivity index (χ1v) is 7.62. The number of rotatable bonds is 6. The maximum Gasteiger partial charge on any atom is 0.270 e. The van der Waals surface area contributed by atoms with E-state index in [-0.39, 0.29) is 5.91 Å². The van der Waals surface area contributed by atoms with Crippen molar-refractivity contribution < 1.29 is 9.21 Å². The number of nitrogens with zero attached hydrogens (tertiary/aromatic N) is 2. The van der Waals surface area contributed by atoms with E-state index in [1.54, 1.807) is 11.2 Å². The van der Waals surface area contributed by atoms with Crippen molar-refractivity contribution in [3.8, 4) is 0 Å². The van der Waals surface area contributed by atoms with Crippen LogP contribution in [0.4, 0.5) is 0 Å². The molecule has 0 radical (unpaired) electrons. The summed E-state index contributed by atoms with van der Waals surface area (Å²) in [6.45, 7) is 6.06. The molecule has 2 rings (SSSR count). The minimum Gasteiger partial charge on any atom is -0.467 e. The Hall–Kier alpha value is -1.49. The number of carbonyl (C=O) groups is 1. The van der Waals surface area contributed by atoms with Crippen LogP contribution in [0.3, 0.4) is 0 Å². The van der Waals surface area contributed by atoms with Gasteiger partial charge in [-0.2, -0.15) is 0 Å². The third-order valence-corrected chi connectivity index (χ3v) is 3.58. The zero-order valence-electron chi connectivity index (χ0n) is 11.8. The van der Waals surface area contributed by atoms with E-state index in [9.17, 15) is 4.79 Å². The number of carbonyl (C=O) groups excluding carboxylic acids is 1. The van der Waals surface area contributed by atoms with Crippen molar-refractivity contribution in [1.29, 1.82) is 0 Å². The number of halogens is 1. The third-order valence-electron chi connectivity index (χ3n) is 3.14. The Bertz CT molecular complexity index is 560. The van der Waals surface area contributed by atoms with Crippen LogP contribution in [-0.2, 0) is 13.1 Å². The van der Waals surface area contributed by atoms with Gasteiger partial charge >= 0.3 is 0 Å². The Morgan fingerprint density at radius 2 is 2.25 bits per heavy atom. The molecule has 0 atom stereocenters. The summed E-state index contributed by atoms with van der Waals surface area (Å²) in [5.41, 5.74) is 0.715. The predicted octanol–water partition coefficient (Wildman–Crippen LogP) is 3.92. The van der Waals surface area contributed by atoms with Crippen LogP contribution in [-0.4, -0.2) is 21.9 Å². The maximum absolute atomic E-state index is 12.7. The molecule has 0 aliphatic rings. The van der Waals surface area contributed by atoms with Gasteiger partial charge < -0.3 is 13.9 Å². The van der Waals surface area contributed by atoms with Crippen molar-refractivity contribution in [2.45, 2.75) is 33.4 Å². The summed E-state index contributed by atoms with van der Waals surface area (Å²) in [6, 6.07) is 5.60. The van der Waals surface area contributed by atoms with E-state index < -0.39 is 0 Å². The Labute approximate surface area is 127 Å². The number of aromatic nitrogens is 1. The van der Waals surface area contributed by atoms with E-state index in [2.05, 4.69) is 22.9 Å². The number of hydrogen-bond donors (Lipinski definition) is 0. The van der Waals surface area contributed by atoms with Gasteiger partial charge in [0, 0.05) is 23.8 Å². The van der Waals surface area contributed by atoms with Crippen molar-refractivity contribution >= 4 is 21.8 Å². The van der Waals surface area contributed by atoms with Crippen LogP contribution >= 0.6 is 15.9 Å². The van der Waals surface area contributed by atoms with Crippen molar-refractivity contribution in [2.75, 3.05) is 6.54 Å². The molecule has 20 heavy (non-hydrogen) atoms. The van der Waals surface area contributed by atoms with Gasteiger partial charge in [0.2, 0.25) is 0 Å². The lowest BCUT2D eigenvalue weighted by atomic mass is 10.3. The molecule has 0 unspecified atom stereocenters. The zero-order valence-corrected chi connectivity index (χ0v) is 13.4. The van der Waals surface area contributed by atoms with Crippen LogP contribution in [0.15, 0.2) is 39.5 Å². The number of furan rings is 1. The highest BCUT2D eigenvalue weighted by molar-refractivity contribution is 9.10. The quantitative estimate of drug-likeness (QED) is 0.800. The molecule has 5 heteroatoms. The highest BCUT2D eigenvalue weighted by atomic mass is 79.9. The van der Waals surface area contributed by atoms with Gasteiger partial charge in [0.25, 0.3) is 5.91 Å². The largest absolute Gasteiger partial charge is 0.467 e. The molecule has 0 N–H and O–H groups in total.